The van der Waals surface area contributed by atoms with E-state index in [1.807, 2.05) is 60.4 Å². The number of rotatable bonds is 3. The molecule has 2 aromatic rings. The Kier molecular flexibility index (Phi) is 4.43. The highest BCUT2D eigenvalue weighted by Gasteiger charge is 2.54. The first kappa shape index (κ1) is 18.9. The number of hydrogen-bond acceptors (Lipinski definition) is 5. The van der Waals surface area contributed by atoms with Crippen LogP contribution >= 0.6 is 11.6 Å². The minimum Gasteiger partial charge on any atom is -0.325 e. The number of anilines is 1. The molecule has 0 aliphatic carbocycles. The fourth-order valence-corrected chi connectivity index (χ4v) is 4.65. The molecule has 8 heteroatoms. The predicted octanol–water partition coefficient (Wildman–Crippen LogP) is 2.93. The minimum absolute atomic E-state index is 0.198. The number of urea groups is 1. The van der Waals surface area contributed by atoms with Crippen molar-refractivity contribution in [2.24, 2.45) is 4.99 Å². The number of hydrogen-bond donors (Lipinski definition) is 0. The number of carbonyl (C=O) groups excluding carboxylic acids is 2. The van der Waals surface area contributed by atoms with Gasteiger partial charge in [-0.1, -0.05) is 47.5 Å². The summed E-state index contributed by atoms with van der Waals surface area (Å²) in [7, 11) is 1.71. The van der Waals surface area contributed by atoms with Crippen molar-refractivity contribution in [3.05, 3.63) is 64.7 Å². The molecule has 2 unspecified atom stereocenters. The third-order valence-corrected chi connectivity index (χ3v) is 6.16. The number of halogens is 1. The molecule has 30 heavy (non-hydrogen) atoms. The summed E-state index contributed by atoms with van der Waals surface area (Å²) in [5.74, 6) is 0.522. The average Bonchev–Trinajstić information content (AvgIpc) is 3.29. The maximum Gasteiger partial charge on any atom is 0.328 e. The quantitative estimate of drug-likeness (QED) is 0.761. The first-order chi connectivity index (χ1) is 14.4. The molecule has 3 heterocycles. The van der Waals surface area contributed by atoms with Gasteiger partial charge in [0.05, 0.1) is 6.54 Å². The molecular formula is C22H22ClN5O2. The van der Waals surface area contributed by atoms with Gasteiger partial charge in [0, 0.05) is 30.8 Å². The molecule has 2 atom stereocenters. The van der Waals surface area contributed by atoms with Crippen LogP contribution < -0.4 is 4.90 Å². The molecule has 0 saturated carbocycles. The first-order valence-corrected chi connectivity index (χ1v) is 10.3. The first-order valence-electron chi connectivity index (χ1n) is 9.95. The fraction of sp³-hybridized carbons (Fsp3) is 0.318. The zero-order valence-corrected chi connectivity index (χ0v) is 17.6. The number of fused-ring (bicyclic) bond motifs is 3. The lowest BCUT2D eigenvalue weighted by Gasteiger charge is -2.40. The van der Waals surface area contributed by atoms with Crippen LogP contribution in [0.25, 0.3) is 0 Å². The summed E-state index contributed by atoms with van der Waals surface area (Å²) in [6.07, 6.45) is -0.518. The van der Waals surface area contributed by atoms with E-state index < -0.39 is 12.2 Å². The van der Waals surface area contributed by atoms with Gasteiger partial charge >= 0.3 is 6.03 Å². The molecule has 0 spiro atoms. The highest BCUT2D eigenvalue weighted by atomic mass is 35.5. The summed E-state index contributed by atoms with van der Waals surface area (Å²) in [5.41, 5.74) is 2.96. The number of aliphatic imine (C=N–C) groups is 1. The van der Waals surface area contributed by atoms with Crippen LogP contribution in [0.5, 0.6) is 0 Å². The third-order valence-electron chi connectivity index (χ3n) is 5.92. The van der Waals surface area contributed by atoms with Crippen LogP contribution in [0.3, 0.4) is 0 Å². The van der Waals surface area contributed by atoms with Gasteiger partial charge in [0.1, 0.15) is 0 Å². The SMILES string of the molecule is Cc1cccc(CN2C(=O)C3C(N=C4N(c5cccc(Cl)c5)CCN43)N(C)C2=O)c1. The van der Waals surface area contributed by atoms with Gasteiger partial charge in [-0.25, -0.2) is 9.79 Å². The molecule has 3 aliphatic heterocycles. The molecule has 3 amide bonds. The van der Waals surface area contributed by atoms with E-state index in [9.17, 15) is 9.59 Å². The molecule has 2 fully saturated rings. The fourth-order valence-electron chi connectivity index (χ4n) is 4.46. The van der Waals surface area contributed by atoms with Crippen molar-refractivity contribution in [2.75, 3.05) is 25.0 Å². The summed E-state index contributed by atoms with van der Waals surface area (Å²) >= 11 is 6.17. The Morgan fingerprint density at radius 3 is 2.67 bits per heavy atom. The normalized spacial score (nSPS) is 23.1. The Bertz CT molecular complexity index is 1070. The lowest BCUT2D eigenvalue weighted by molar-refractivity contribution is -0.137. The summed E-state index contributed by atoms with van der Waals surface area (Å²) in [6.45, 7) is 3.63. The smallest absolute Gasteiger partial charge is 0.325 e. The van der Waals surface area contributed by atoms with E-state index in [1.54, 1.807) is 11.9 Å². The Morgan fingerprint density at radius 1 is 1.10 bits per heavy atom. The number of likely N-dealkylation sites (N-methyl/N-ethyl adjacent to an activating group) is 1. The van der Waals surface area contributed by atoms with Crippen LogP contribution in [0.1, 0.15) is 11.1 Å². The molecule has 0 bridgehead atoms. The molecule has 7 nitrogen and oxygen atoms in total. The number of imide groups is 1. The van der Waals surface area contributed by atoms with Crippen molar-refractivity contribution in [1.29, 1.82) is 0 Å². The maximum absolute atomic E-state index is 13.4. The van der Waals surface area contributed by atoms with Crippen molar-refractivity contribution >= 4 is 35.2 Å². The van der Waals surface area contributed by atoms with Gasteiger partial charge in [-0.05, 0) is 30.7 Å². The zero-order chi connectivity index (χ0) is 21.0. The van der Waals surface area contributed by atoms with Gasteiger partial charge in [-0.15, -0.1) is 0 Å². The average molecular weight is 424 g/mol. The number of aryl methyl sites for hydroxylation is 1. The van der Waals surface area contributed by atoms with Crippen LogP contribution in [0, 0.1) is 6.92 Å². The zero-order valence-electron chi connectivity index (χ0n) is 16.8. The Labute approximate surface area is 180 Å². The van der Waals surface area contributed by atoms with Crippen LogP contribution in [0.4, 0.5) is 10.5 Å². The largest absolute Gasteiger partial charge is 0.328 e. The van der Waals surface area contributed by atoms with E-state index in [2.05, 4.69) is 4.90 Å². The number of guanidine groups is 1. The minimum atomic E-state index is -0.518. The Hall–Kier alpha value is -3.06. The van der Waals surface area contributed by atoms with E-state index in [4.69, 9.17) is 16.6 Å². The lowest BCUT2D eigenvalue weighted by Crippen LogP contribution is -2.64. The monoisotopic (exact) mass is 423 g/mol. The number of carbonyl (C=O) groups is 2. The van der Waals surface area contributed by atoms with Crippen molar-refractivity contribution in [3.8, 4) is 0 Å². The van der Waals surface area contributed by atoms with Crippen molar-refractivity contribution in [1.82, 2.24) is 14.7 Å². The molecule has 2 saturated heterocycles. The van der Waals surface area contributed by atoms with Crippen LogP contribution in [-0.2, 0) is 11.3 Å². The van der Waals surface area contributed by atoms with Crippen LogP contribution in [0.2, 0.25) is 5.02 Å². The summed E-state index contributed by atoms with van der Waals surface area (Å²) in [4.78, 5) is 38.2. The number of nitrogens with zero attached hydrogens (tertiary/aromatic N) is 5. The van der Waals surface area contributed by atoms with Gasteiger partial charge in [0.15, 0.2) is 12.2 Å². The summed E-state index contributed by atoms with van der Waals surface area (Å²) in [5, 5.41) is 0.648. The van der Waals surface area contributed by atoms with Crippen molar-refractivity contribution in [2.45, 2.75) is 25.7 Å². The Morgan fingerprint density at radius 2 is 1.90 bits per heavy atom. The summed E-state index contributed by atoms with van der Waals surface area (Å²) in [6, 6.07) is 14.6. The van der Waals surface area contributed by atoms with E-state index in [0.717, 1.165) is 22.8 Å². The second kappa shape index (κ2) is 7.02. The number of benzene rings is 2. The van der Waals surface area contributed by atoms with E-state index in [-0.39, 0.29) is 18.5 Å². The van der Waals surface area contributed by atoms with Crippen LogP contribution in [0.15, 0.2) is 53.5 Å². The molecule has 5 rings (SSSR count). The molecule has 154 valence electrons. The van der Waals surface area contributed by atoms with Crippen molar-refractivity contribution in [3.63, 3.8) is 0 Å². The van der Waals surface area contributed by atoms with Gasteiger partial charge < -0.3 is 14.7 Å². The molecule has 2 aromatic carbocycles. The second-order valence-corrected chi connectivity index (χ2v) is 8.36. The van der Waals surface area contributed by atoms with E-state index in [0.29, 0.717) is 18.1 Å². The van der Waals surface area contributed by atoms with Crippen molar-refractivity contribution < 1.29 is 9.59 Å². The van der Waals surface area contributed by atoms with Gasteiger partial charge in [-0.3, -0.25) is 9.69 Å². The van der Waals surface area contributed by atoms with E-state index >= 15 is 0 Å². The maximum atomic E-state index is 13.4. The summed E-state index contributed by atoms with van der Waals surface area (Å²) < 4.78 is 0. The van der Waals surface area contributed by atoms with E-state index in [1.165, 1.54) is 4.90 Å². The second-order valence-electron chi connectivity index (χ2n) is 7.92. The predicted molar refractivity (Wildman–Crippen MR) is 115 cm³/mol. The third kappa shape index (κ3) is 2.92. The highest BCUT2D eigenvalue weighted by molar-refractivity contribution is 6.31. The molecule has 3 aliphatic rings. The lowest BCUT2D eigenvalue weighted by atomic mass is 10.1. The van der Waals surface area contributed by atoms with Crippen LogP contribution in [-0.4, -0.2) is 64.9 Å². The van der Waals surface area contributed by atoms with Gasteiger partial charge in [0.25, 0.3) is 5.91 Å². The molecule has 0 radical (unpaired) electrons. The van der Waals surface area contributed by atoms with Gasteiger partial charge in [0.2, 0.25) is 5.96 Å². The van der Waals surface area contributed by atoms with Gasteiger partial charge in [-0.2, -0.15) is 0 Å². The molecular weight excluding hydrogens is 402 g/mol. The highest BCUT2D eigenvalue weighted by Crippen LogP contribution is 2.34. The molecule has 0 aromatic heterocycles. The number of amides is 3. The standard InChI is InChI=1S/C22H22ClN5O2/c1-14-5-3-6-15(11-14)13-28-20(29)18-19(25(2)22(28)30)24-21-26(9-10-27(18)21)17-8-4-7-16(23)12-17/h3-8,11-12,18-19H,9-10,13H2,1-2H3. The molecule has 0 N–H and O–H groups in total. The Balaban J connectivity index is 1.44. The topological polar surface area (TPSA) is 59.5 Å².